The van der Waals surface area contributed by atoms with Gasteiger partial charge in [0.25, 0.3) is 0 Å². The molecule has 4 nitrogen and oxygen atoms in total. The van der Waals surface area contributed by atoms with Crippen molar-refractivity contribution in [2.75, 3.05) is 31.2 Å². The van der Waals surface area contributed by atoms with Gasteiger partial charge in [0.1, 0.15) is 11.6 Å². The molecule has 0 aliphatic carbocycles. The standard InChI is InChI=1S/C12H18IN3O/c1-12(2,3)11-14-8-9(13)10(15-11)16-4-6-17-7-5-16/h8H,4-7H2,1-3H3. The third-order valence-electron chi connectivity index (χ3n) is 2.71. The van der Waals surface area contributed by atoms with Gasteiger partial charge in [0, 0.05) is 24.7 Å². The number of halogens is 1. The smallest absolute Gasteiger partial charge is 0.145 e. The molecular formula is C12H18IN3O. The maximum Gasteiger partial charge on any atom is 0.145 e. The first-order valence-corrected chi connectivity index (χ1v) is 6.92. The molecule has 0 unspecified atom stereocenters. The summed E-state index contributed by atoms with van der Waals surface area (Å²) >= 11 is 2.30. The van der Waals surface area contributed by atoms with Crippen molar-refractivity contribution in [3.63, 3.8) is 0 Å². The summed E-state index contributed by atoms with van der Waals surface area (Å²) in [6, 6.07) is 0. The number of hydrogen-bond donors (Lipinski definition) is 0. The van der Waals surface area contributed by atoms with Crippen LogP contribution >= 0.6 is 22.6 Å². The van der Waals surface area contributed by atoms with Crippen LogP contribution in [0.1, 0.15) is 26.6 Å². The van der Waals surface area contributed by atoms with Gasteiger partial charge in [-0.1, -0.05) is 20.8 Å². The Morgan fingerprint density at radius 2 is 1.94 bits per heavy atom. The SMILES string of the molecule is CC(C)(C)c1ncc(I)c(N2CCOCC2)n1. The predicted octanol–water partition coefficient (Wildman–Crippen LogP) is 2.22. The van der Waals surface area contributed by atoms with Crippen LogP contribution in [-0.4, -0.2) is 36.3 Å². The zero-order valence-electron chi connectivity index (χ0n) is 10.5. The first-order chi connectivity index (χ1) is 7.98. The van der Waals surface area contributed by atoms with Gasteiger partial charge >= 0.3 is 0 Å². The molecule has 1 saturated heterocycles. The molecular weight excluding hydrogens is 329 g/mol. The molecule has 0 aromatic carbocycles. The van der Waals surface area contributed by atoms with Crippen molar-refractivity contribution in [3.8, 4) is 0 Å². The van der Waals surface area contributed by atoms with E-state index in [-0.39, 0.29) is 5.41 Å². The Hall–Kier alpha value is -0.430. The highest BCUT2D eigenvalue weighted by molar-refractivity contribution is 14.1. The van der Waals surface area contributed by atoms with Crippen molar-refractivity contribution in [2.45, 2.75) is 26.2 Å². The van der Waals surface area contributed by atoms with E-state index in [1.54, 1.807) is 0 Å². The Balaban J connectivity index is 2.31. The second-order valence-corrected chi connectivity index (χ2v) is 6.38. The maximum absolute atomic E-state index is 5.37. The van der Waals surface area contributed by atoms with Crippen LogP contribution in [0.3, 0.4) is 0 Å². The molecule has 1 aromatic rings. The lowest BCUT2D eigenvalue weighted by Crippen LogP contribution is -2.37. The minimum Gasteiger partial charge on any atom is -0.378 e. The molecule has 0 bridgehead atoms. The number of ether oxygens (including phenoxy) is 1. The molecule has 1 aliphatic heterocycles. The third kappa shape index (κ3) is 3.07. The van der Waals surface area contributed by atoms with Crippen molar-refractivity contribution >= 4 is 28.4 Å². The summed E-state index contributed by atoms with van der Waals surface area (Å²) in [5.74, 6) is 1.95. The van der Waals surface area contributed by atoms with Crippen LogP contribution in [0.15, 0.2) is 6.20 Å². The third-order valence-corrected chi connectivity index (χ3v) is 3.47. The van der Waals surface area contributed by atoms with Gasteiger partial charge in [-0.05, 0) is 22.6 Å². The lowest BCUT2D eigenvalue weighted by molar-refractivity contribution is 0.122. The van der Waals surface area contributed by atoms with Gasteiger partial charge in [0.2, 0.25) is 0 Å². The topological polar surface area (TPSA) is 38.2 Å². The van der Waals surface area contributed by atoms with E-state index < -0.39 is 0 Å². The Morgan fingerprint density at radius 1 is 1.29 bits per heavy atom. The predicted molar refractivity (Wildman–Crippen MR) is 76.5 cm³/mol. The van der Waals surface area contributed by atoms with Gasteiger partial charge in [0.05, 0.1) is 16.8 Å². The van der Waals surface area contributed by atoms with Gasteiger partial charge in [-0.15, -0.1) is 0 Å². The van der Waals surface area contributed by atoms with Crippen LogP contribution in [0.4, 0.5) is 5.82 Å². The van der Waals surface area contributed by atoms with Crippen molar-refractivity contribution in [3.05, 3.63) is 15.6 Å². The fourth-order valence-electron chi connectivity index (χ4n) is 1.72. The average molecular weight is 347 g/mol. The fourth-order valence-corrected chi connectivity index (χ4v) is 2.32. The summed E-state index contributed by atoms with van der Waals surface area (Å²) in [7, 11) is 0. The van der Waals surface area contributed by atoms with E-state index in [2.05, 4.69) is 53.2 Å². The second-order valence-electron chi connectivity index (χ2n) is 5.21. The van der Waals surface area contributed by atoms with Crippen LogP contribution in [0.2, 0.25) is 0 Å². The average Bonchev–Trinajstić information content (AvgIpc) is 2.29. The first-order valence-electron chi connectivity index (χ1n) is 5.84. The molecule has 0 N–H and O–H groups in total. The Kier molecular flexibility index (Phi) is 3.87. The van der Waals surface area contributed by atoms with Crippen molar-refractivity contribution in [1.82, 2.24) is 9.97 Å². The number of morpholine rings is 1. The summed E-state index contributed by atoms with van der Waals surface area (Å²) < 4.78 is 6.48. The van der Waals surface area contributed by atoms with Gasteiger partial charge in [-0.2, -0.15) is 0 Å². The molecule has 0 saturated carbocycles. The summed E-state index contributed by atoms with van der Waals surface area (Å²) in [5.41, 5.74) is -0.00855. The van der Waals surface area contributed by atoms with Crippen LogP contribution in [0.5, 0.6) is 0 Å². The summed E-state index contributed by atoms with van der Waals surface area (Å²) in [5, 5.41) is 0. The highest BCUT2D eigenvalue weighted by Gasteiger charge is 2.21. The van der Waals surface area contributed by atoms with E-state index in [0.717, 1.165) is 41.5 Å². The number of hydrogen-bond acceptors (Lipinski definition) is 4. The van der Waals surface area contributed by atoms with Crippen LogP contribution in [-0.2, 0) is 10.2 Å². The zero-order chi connectivity index (χ0) is 12.5. The fraction of sp³-hybridized carbons (Fsp3) is 0.667. The maximum atomic E-state index is 5.37. The molecule has 2 heterocycles. The number of anilines is 1. The summed E-state index contributed by atoms with van der Waals surface area (Å²) in [4.78, 5) is 11.4. The molecule has 2 rings (SSSR count). The minimum atomic E-state index is -0.00855. The van der Waals surface area contributed by atoms with Crippen LogP contribution in [0, 0.1) is 3.57 Å². The van der Waals surface area contributed by atoms with E-state index in [1.165, 1.54) is 0 Å². The van der Waals surface area contributed by atoms with E-state index in [1.807, 2.05) is 6.20 Å². The van der Waals surface area contributed by atoms with Crippen molar-refractivity contribution < 1.29 is 4.74 Å². The number of nitrogens with zero attached hydrogens (tertiary/aromatic N) is 3. The molecule has 1 fully saturated rings. The molecule has 17 heavy (non-hydrogen) atoms. The van der Waals surface area contributed by atoms with Gasteiger partial charge < -0.3 is 9.64 Å². The summed E-state index contributed by atoms with van der Waals surface area (Å²) in [6.07, 6.45) is 1.92. The molecule has 5 heteroatoms. The largest absolute Gasteiger partial charge is 0.378 e. The van der Waals surface area contributed by atoms with E-state index >= 15 is 0 Å². The monoisotopic (exact) mass is 347 g/mol. The molecule has 0 radical (unpaired) electrons. The van der Waals surface area contributed by atoms with Gasteiger partial charge in [0.15, 0.2) is 0 Å². The minimum absolute atomic E-state index is 0.00855. The number of rotatable bonds is 1. The van der Waals surface area contributed by atoms with Gasteiger partial charge in [-0.25, -0.2) is 9.97 Å². The summed E-state index contributed by atoms with van der Waals surface area (Å²) in [6.45, 7) is 9.80. The zero-order valence-corrected chi connectivity index (χ0v) is 12.7. The molecule has 94 valence electrons. The second kappa shape index (κ2) is 5.06. The molecule has 1 aliphatic rings. The van der Waals surface area contributed by atoms with Crippen molar-refractivity contribution in [2.24, 2.45) is 0 Å². The molecule has 1 aromatic heterocycles. The first kappa shape index (κ1) is 13.0. The Morgan fingerprint density at radius 3 is 2.53 bits per heavy atom. The van der Waals surface area contributed by atoms with Crippen molar-refractivity contribution in [1.29, 1.82) is 0 Å². The Labute approximate surface area is 116 Å². The van der Waals surface area contributed by atoms with Crippen LogP contribution < -0.4 is 4.90 Å². The quantitative estimate of drug-likeness (QED) is 0.731. The van der Waals surface area contributed by atoms with E-state index in [4.69, 9.17) is 9.72 Å². The lowest BCUT2D eigenvalue weighted by Gasteiger charge is -2.29. The normalized spacial score (nSPS) is 17.3. The molecule has 0 amide bonds. The van der Waals surface area contributed by atoms with E-state index in [9.17, 15) is 0 Å². The highest BCUT2D eigenvalue weighted by Crippen LogP contribution is 2.25. The molecule has 0 atom stereocenters. The number of aromatic nitrogens is 2. The highest BCUT2D eigenvalue weighted by atomic mass is 127. The van der Waals surface area contributed by atoms with E-state index in [0.29, 0.717) is 0 Å². The van der Waals surface area contributed by atoms with Crippen LogP contribution in [0.25, 0.3) is 0 Å². The van der Waals surface area contributed by atoms with Gasteiger partial charge in [-0.3, -0.25) is 0 Å². The molecule has 0 spiro atoms. The lowest BCUT2D eigenvalue weighted by atomic mass is 9.96. The Bertz CT molecular complexity index is 397.